The minimum atomic E-state index is -1.58. The van der Waals surface area contributed by atoms with Gasteiger partial charge in [0.2, 0.25) is 5.91 Å². The third-order valence-corrected chi connectivity index (χ3v) is 21.0. The fraction of sp³-hybridized carbons (Fsp3) is 0.909. The first-order valence-corrected chi connectivity index (χ1v) is 43.8. The van der Waals surface area contributed by atoms with Crippen LogP contribution in [-0.4, -0.2) is 100 Å². The number of aliphatic hydroxyl groups is 5. The maximum atomic E-state index is 13.1. The van der Waals surface area contributed by atoms with E-state index in [1.165, 1.54) is 360 Å². The molecule has 7 atom stereocenters. The molecule has 1 aliphatic rings. The van der Waals surface area contributed by atoms with E-state index in [1.807, 2.05) is 6.08 Å². The second-order valence-electron chi connectivity index (χ2n) is 30.6. The first-order chi connectivity index (χ1) is 48.7. The summed E-state index contributed by atoms with van der Waals surface area (Å²) in [5, 5.41) is 54.6. The van der Waals surface area contributed by atoms with Crippen molar-refractivity contribution in [3.05, 3.63) is 36.5 Å². The van der Waals surface area contributed by atoms with Crippen LogP contribution in [0.5, 0.6) is 0 Å². The average Bonchev–Trinajstić information content (AvgIpc) is 0.825. The van der Waals surface area contributed by atoms with Crippen molar-refractivity contribution in [2.75, 3.05) is 19.8 Å². The smallest absolute Gasteiger partial charge is 0.305 e. The molecule has 0 bridgehead atoms. The predicted molar refractivity (Wildman–Crippen MR) is 421 cm³/mol. The van der Waals surface area contributed by atoms with Gasteiger partial charge in [0.25, 0.3) is 0 Å². The maximum Gasteiger partial charge on any atom is 0.305 e. The lowest BCUT2D eigenvalue weighted by molar-refractivity contribution is -0.302. The Morgan fingerprint density at radius 3 is 1.00 bits per heavy atom. The minimum Gasteiger partial charge on any atom is -0.466 e. The summed E-state index contributed by atoms with van der Waals surface area (Å²) in [5.41, 5.74) is 0. The van der Waals surface area contributed by atoms with Crippen LogP contribution in [0.2, 0.25) is 0 Å². The Morgan fingerprint density at radius 2 is 0.657 bits per heavy atom. The second-order valence-corrected chi connectivity index (χ2v) is 30.6. The van der Waals surface area contributed by atoms with Crippen molar-refractivity contribution in [3.8, 4) is 0 Å². The van der Waals surface area contributed by atoms with E-state index in [0.29, 0.717) is 19.4 Å². The fourth-order valence-electron chi connectivity index (χ4n) is 14.2. The molecule has 7 unspecified atom stereocenters. The number of ether oxygens (including phenoxy) is 3. The number of unbranched alkanes of at least 4 members (excludes halogenated alkanes) is 61. The van der Waals surface area contributed by atoms with Crippen LogP contribution in [0.4, 0.5) is 0 Å². The highest BCUT2D eigenvalue weighted by molar-refractivity contribution is 5.76. The number of rotatable bonds is 79. The van der Waals surface area contributed by atoms with Crippen LogP contribution < -0.4 is 5.32 Å². The van der Waals surface area contributed by atoms with E-state index in [9.17, 15) is 35.1 Å². The zero-order chi connectivity index (χ0) is 71.5. The molecule has 0 spiro atoms. The fourth-order valence-corrected chi connectivity index (χ4v) is 14.2. The van der Waals surface area contributed by atoms with E-state index in [-0.39, 0.29) is 18.5 Å². The quantitative estimate of drug-likeness (QED) is 0.0195. The number of carbonyl (C=O) groups is 2. The van der Waals surface area contributed by atoms with Crippen molar-refractivity contribution < 1.29 is 49.3 Å². The Labute approximate surface area is 613 Å². The van der Waals surface area contributed by atoms with E-state index in [2.05, 4.69) is 43.5 Å². The zero-order valence-corrected chi connectivity index (χ0v) is 65.5. The van der Waals surface area contributed by atoms with E-state index in [0.717, 1.165) is 64.2 Å². The Hall–Kier alpha value is -2.12. The summed E-state index contributed by atoms with van der Waals surface area (Å²) in [6.07, 6.45) is 92.2. The molecule has 1 fully saturated rings. The van der Waals surface area contributed by atoms with E-state index in [4.69, 9.17) is 14.2 Å². The summed E-state index contributed by atoms with van der Waals surface area (Å²) < 4.78 is 16.8. The van der Waals surface area contributed by atoms with Gasteiger partial charge in [-0.2, -0.15) is 0 Å². The van der Waals surface area contributed by atoms with Crippen molar-refractivity contribution >= 4 is 11.9 Å². The number of hydrogen-bond donors (Lipinski definition) is 6. The third-order valence-electron chi connectivity index (χ3n) is 21.0. The van der Waals surface area contributed by atoms with Crippen LogP contribution in [-0.2, 0) is 23.8 Å². The van der Waals surface area contributed by atoms with Gasteiger partial charge in [-0.15, -0.1) is 0 Å². The van der Waals surface area contributed by atoms with Crippen molar-refractivity contribution in [2.24, 2.45) is 0 Å². The molecule has 11 nitrogen and oxygen atoms in total. The van der Waals surface area contributed by atoms with Crippen LogP contribution in [0.15, 0.2) is 36.5 Å². The molecule has 1 rings (SSSR count). The minimum absolute atomic E-state index is 0.0235. The molecule has 1 aliphatic heterocycles. The predicted octanol–water partition coefficient (Wildman–Crippen LogP) is 24.4. The Bertz CT molecular complexity index is 1740. The van der Waals surface area contributed by atoms with Gasteiger partial charge in [0.05, 0.1) is 32.0 Å². The number of carbonyl (C=O) groups excluding carboxylic acids is 2. The lowest BCUT2D eigenvalue weighted by Crippen LogP contribution is -2.60. The van der Waals surface area contributed by atoms with Gasteiger partial charge in [0.15, 0.2) is 6.29 Å². The van der Waals surface area contributed by atoms with Crippen LogP contribution >= 0.6 is 0 Å². The molecule has 1 heterocycles. The second kappa shape index (κ2) is 77.0. The van der Waals surface area contributed by atoms with Crippen molar-refractivity contribution in [1.82, 2.24) is 5.32 Å². The highest BCUT2D eigenvalue weighted by atomic mass is 16.7. The molecule has 1 amide bonds. The molecule has 1 saturated heterocycles. The number of nitrogens with one attached hydrogen (secondary N) is 1. The molecule has 0 aromatic rings. The molecule has 11 heteroatoms. The van der Waals surface area contributed by atoms with E-state index < -0.39 is 49.5 Å². The lowest BCUT2D eigenvalue weighted by atomic mass is 9.99. The van der Waals surface area contributed by atoms with Crippen LogP contribution in [0.25, 0.3) is 0 Å². The Kier molecular flexibility index (Phi) is 73.8. The first-order valence-electron chi connectivity index (χ1n) is 43.8. The number of allylic oxidation sites excluding steroid dienone is 5. The normalized spacial score (nSPS) is 17.3. The van der Waals surface area contributed by atoms with Gasteiger partial charge in [0, 0.05) is 12.8 Å². The van der Waals surface area contributed by atoms with Crippen LogP contribution in [0, 0.1) is 0 Å². The van der Waals surface area contributed by atoms with Crippen LogP contribution in [0.3, 0.4) is 0 Å². The summed E-state index contributed by atoms with van der Waals surface area (Å²) in [4.78, 5) is 25.2. The standard InChI is InChI=1S/C88H167NO10/c1-3-5-7-9-11-13-15-17-19-20-45-48-52-56-60-64-68-72-76-84(93)97-77-73-69-65-61-57-53-49-46-43-41-39-37-35-33-31-29-27-25-23-21-22-24-26-28-30-32-34-36-38-40-42-44-47-51-55-59-63-67-71-75-83(92)89-80(79-98-88-87(96)86(95)85(94)82(78-90)99-88)81(91)74-70-66-62-58-54-50-18-16-14-12-10-8-6-4-2/h14,16,54,58,70,74,80-82,85-88,90-91,94-96H,3-13,15,17-53,55-57,59-69,71-73,75-79H2,1-2H3,(H,89,92)/b16-14+,58-54+,74-70+. The van der Waals surface area contributed by atoms with Gasteiger partial charge in [0.1, 0.15) is 24.4 Å². The largest absolute Gasteiger partial charge is 0.466 e. The SMILES string of the molecule is CCCCCC/C=C/CC/C=C/CC/C=C/C(O)C(COC1OC(CO)C(O)C(O)C1O)NC(=O)CCCCCCCCCCCCCCCCCCCCCCCCCCCCCCCCCCCCCCCCCOC(=O)CCCCCCCCCCCCCCCCCCCC. The van der Waals surface area contributed by atoms with E-state index >= 15 is 0 Å². The number of aliphatic hydroxyl groups excluding tert-OH is 5. The van der Waals surface area contributed by atoms with Gasteiger partial charge in [-0.05, 0) is 57.8 Å². The average molecular weight is 1400 g/mol. The lowest BCUT2D eigenvalue weighted by Gasteiger charge is -2.40. The van der Waals surface area contributed by atoms with Crippen molar-refractivity contribution in [1.29, 1.82) is 0 Å². The summed E-state index contributed by atoms with van der Waals surface area (Å²) in [5.74, 6) is -0.165. The Balaban J connectivity index is 1.86. The summed E-state index contributed by atoms with van der Waals surface area (Å²) in [6.45, 7) is 4.37. The highest BCUT2D eigenvalue weighted by Gasteiger charge is 2.44. The summed E-state index contributed by atoms with van der Waals surface area (Å²) in [6, 6.07) is -0.831. The molecule has 0 aromatic heterocycles. The van der Waals surface area contributed by atoms with Crippen molar-refractivity contribution in [2.45, 2.75) is 493 Å². The van der Waals surface area contributed by atoms with E-state index in [1.54, 1.807) is 6.08 Å². The Morgan fingerprint density at radius 1 is 0.364 bits per heavy atom. The third kappa shape index (κ3) is 65.2. The summed E-state index contributed by atoms with van der Waals surface area (Å²) in [7, 11) is 0. The molecular formula is C88H167NO10. The van der Waals surface area contributed by atoms with Gasteiger partial charge in [-0.1, -0.05) is 416 Å². The van der Waals surface area contributed by atoms with Gasteiger partial charge >= 0.3 is 5.97 Å². The first kappa shape index (κ1) is 94.9. The van der Waals surface area contributed by atoms with Crippen LogP contribution in [0.1, 0.15) is 450 Å². The van der Waals surface area contributed by atoms with Gasteiger partial charge in [-0.3, -0.25) is 9.59 Å². The molecule has 0 radical (unpaired) electrons. The number of hydrogen-bond acceptors (Lipinski definition) is 10. The van der Waals surface area contributed by atoms with Gasteiger partial charge in [-0.25, -0.2) is 0 Å². The topological polar surface area (TPSA) is 175 Å². The van der Waals surface area contributed by atoms with Crippen molar-refractivity contribution in [3.63, 3.8) is 0 Å². The number of amides is 1. The molecule has 99 heavy (non-hydrogen) atoms. The molecule has 0 aliphatic carbocycles. The number of esters is 1. The van der Waals surface area contributed by atoms with Gasteiger partial charge < -0.3 is 45.1 Å². The molecular weight excluding hydrogens is 1230 g/mol. The molecule has 6 N–H and O–H groups in total. The molecule has 584 valence electrons. The molecule has 0 aromatic carbocycles. The maximum absolute atomic E-state index is 13.1. The zero-order valence-electron chi connectivity index (χ0n) is 65.5. The monoisotopic (exact) mass is 1400 g/mol. The molecule has 0 saturated carbocycles. The summed E-state index contributed by atoms with van der Waals surface area (Å²) >= 11 is 0. The highest BCUT2D eigenvalue weighted by Crippen LogP contribution is 2.24.